The van der Waals surface area contributed by atoms with Crippen LogP contribution >= 0.6 is 0 Å². The second-order valence-corrected chi connectivity index (χ2v) is 6.85. The molecule has 1 atom stereocenters. The summed E-state index contributed by atoms with van der Waals surface area (Å²) in [5.74, 6) is -2.64. The van der Waals surface area contributed by atoms with Gasteiger partial charge >= 0.3 is 0 Å². The van der Waals surface area contributed by atoms with Crippen molar-refractivity contribution >= 4 is 41.3 Å². The van der Waals surface area contributed by atoms with E-state index in [1.807, 2.05) is 26.0 Å². The monoisotopic (exact) mass is 406 g/mol. The molecule has 4 amide bonds. The van der Waals surface area contributed by atoms with Gasteiger partial charge in [-0.1, -0.05) is 17.7 Å². The van der Waals surface area contributed by atoms with E-state index in [4.69, 9.17) is 0 Å². The highest BCUT2D eigenvalue weighted by Gasteiger charge is 2.35. The normalized spacial score (nSPS) is 14.0. The summed E-state index contributed by atoms with van der Waals surface area (Å²) in [7, 11) is 0. The first-order valence-corrected chi connectivity index (χ1v) is 8.99. The van der Waals surface area contributed by atoms with Crippen molar-refractivity contribution in [2.45, 2.75) is 26.8 Å². The molecular formula is C21H18N4O5. The van der Waals surface area contributed by atoms with E-state index < -0.39 is 29.5 Å². The van der Waals surface area contributed by atoms with Crippen molar-refractivity contribution in [1.82, 2.24) is 4.90 Å². The van der Waals surface area contributed by atoms with Crippen LogP contribution in [0.5, 0.6) is 0 Å². The molecule has 0 aliphatic carbocycles. The van der Waals surface area contributed by atoms with E-state index in [-0.39, 0.29) is 23.2 Å². The van der Waals surface area contributed by atoms with Crippen LogP contribution in [0.1, 0.15) is 38.8 Å². The van der Waals surface area contributed by atoms with Gasteiger partial charge in [0, 0.05) is 5.69 Å². The number of aryl methyl sites for hydroxylation is 2. The van der Waals surface area contributed by atoms with Gasteiger partial charge in [-0.3, -0.25) is 24.0 Å². The largest absolute Gasteiger partial charge is 0.324 e. The molecule has 0 aromatic heterocycles. The van der Waals surface area contributed by atoms with Gasteiger partial charge in [0.05, 0.1) is 16.8 Å². The van der Waals surface area contributed by atoms with E-state index in [1.165, 1.54) is 25.1 Å². The molecule has 1 aliphatic heterocycles. The first kappa shape index (κ1) is 20.7. The average molecular weight is 406 g/mol. The molecular weight excluding hydrogens is 388 g/mol. The number of anilines is 1. The minimum Gasteiger partial charge on any atom is -0.324 e. The van der Waals surface area contributed by atoms with E-state index >= 15 is 0 Å². The molecule has 1 unspecified atom stereocenters. The molecule has 0 saturated heterocycles. The van der Waals surface area contributed by atoms with Crippen molar-refractivity contribution < 1.29 is 24.0 Å². The first-order chi connectivity index (χ1) is 14.2. The molecule has 2 aromatic rings. The van der Waals surface area contributed by atoms with Crippen LogP contribution in [0.25, 0.3) is 0 Å². The van der Waals surface area contributed by atoms with E-state index in [0.29, 0.717) is 10.6 Å². The van der Waals surface area contributed by atoms with Gasteiger partial charge in [0.15, 0.2) is 5.78 Å². The van der Waals surface area contributed by atoms with Crippen molar-refractivity contribution in [1.29, 1.82) is 0 Å². The molecule has 0 saturated carbocycles. The number of benzene rings is 2. The van der Waals surface area contributed by atoms with Gasteiger partial charge in [0.25, 0.3) is 17.7 Å². The van der Waals surface area contributed by atoms with Gasteiger partial charge in [-0.25, -0.2) is 4.90 Å². The fourth-order valence-electron chi connectivity index (χ4n) is 3.00. The number of azo groups is 1. The quantitative estimate of drug-likeness (QED) is 0.342. The zero-order valence-corrected chi connectivity index (χ0v) is 16.5. The van der Waals surface area contributed by atoms with Crippen molar-refractivity contribution in [2.24, 2.45) is 10.2 Å². The summed E-state index contributed by atoms with van der Waals surface area (Å²) in [4.78, 5) is 59.9. The molecule has 1 heterocycles. The topological polar surface area (TPSA) is 125 Å². The first-order valence-electron chi connectivity index (χ1n) is 8.99. The number of Topliss-reactive ketones (excluding diaryl/α,β-unsaturated/α-hetero) is 1. The Hall–Kier alpha value is -4.01. The van der Waals surface area contributed by atoms with E-state index in [2.05, 4.69) is 15.5 Å². The molecule has 0 spiro atoms. The van der Waals surface area contributed by atoms with E-state index in [0.717, 1.165) is 11.1 Å². The SMILES string of the molecule is CC(=O)C(N=Nc1ccc2c(c1)C(=O)N(C=O)C2=O)C(=O)Nc1ccc(C)cc1C. The summed E-state index contributed by atoms with van der Waals surface area (Å²) in [6.45, 7) is 4.98. The fourth-order valence-corrected chi connectivity index (χ4v) is 3.00. The molecule has 0 bridgehead atoms. The van der Waals surface area contributed by atoms with Crippen molar-refractivity contribution in [3.8, 4) is 0 Å². The predicted octanol–water partition coefficient (Wildman–Crippen LogP) is 2.74. The molecule has 0 fully saturated rings. The van der Waals surface area contributed by atoms with Crippen molar-refractivity contribution in [3.63, 3.8) is 0 Å². The summed E-state index contributed by atoms with van der Waals surface area (Å²) in [6, 6.07) is 8.10. The van der Waals surface area contributed by atoms with Crippen LogP contribution in [0.3, 0.4) is 0 Å². The molecule has 1 aliphatic rings. The lowest BCUT2D eigenvalue weighted by molar-refractivity contribution is -0.126. The van der Waals surface area contributed by atoms with Gasteiger partial charge in [0.2, 0.25) is 12.5 Å². The van der Waals surface area contributed by atoms with Gasteiger partial charge in [0.1, 0.15) is 0 Å². The zero-order valence-electron chi connectivity index (χ0n) is 16.5. The maximum Gasteiger partial charge on any atom is 0.268 e. The number of carbonyl (C=O) groups excluding carboxylic acids is 5. The summed E-state index contributed by atoms with van der Waals surface area (Å²) in [5.41, 5.74) is 2.66. The summed E-state index contributed by atoms with van der Waals surface area (Å²) < 4.78 is 0. The van der Waals surface area contributed by atoms with Gasteiger partial charge < -0.3 is 5.32 Å². The predicted molar refractivity (Wildman–Crippen MR) is 107 cm³/mol. The number of nitrogens with zero attached hydrogens (tertiary/aromatic N) is 3. The minimum absolute atomic E-state index is 0.00246. The Labute approximate surface area is 171 Å². The Bertz CT molecular complexity index is 1120. The summed E-state index contributed by atoms with van der Waals surface area (Å²) >= 11 is 0. The Morgan fingerprint density at radius 3 is 2.37 bits per heavy atom. The lowest BCUT2D eigenvalue weighted by Gasteiger charge is -2.12. The van der Waals surface area contributed by atoms with E-state index in [9.17, 15) is 24.0 Å². The van der Waals surface area contributed by atoms with Crippen LogP contribution < -0.4 is 5.32 Å². The number of rotatable bonds is 6. The number of ketones is 1. The van der Waals surface area contributed by atoms with Crippen LogP contribution in [0, 0.1) is 13.8 Å². The second-order valence-electron chi connectivity index (χ2n) is 6.85. The summed E-state index contributed by atoms with van der Waals surface area (Å²) in [5, 5.41) is 10.4. The molecule has 152 valence electrons. The van der Waals surface area contributed by atoms with Crippen LogP contribution in [0.2, 0.25) is 0 Å². The fraction of sp³-hybridized carbons (Fsp3) is 0.190. The van der Waals surface area contributed by atoms with Crippen LogP contribution in [0.4, 0.5) is 11.4 Å². The van der Waals surface area contributed by atoms with Gasteiger partial charge in [-0.2, -0.15) is 10.2 Å². The van der Waals surface area contributed by atoms with Gasteiger partial charge in [-0.15, -0.1) is 0 Å². The molecule has 3 rings (SSSR count). The van der Waals surface area contributed by atoms with Crippen LogP contribution in [-0.2, 0) is 14.4 Å². The molecule has 9 nitrogen and oxygen atoms in total. The standard InChI is InChI=1S/C21H18N4O5/c1-11-4-7-17(12(2)8-11)22-19(28)18(13(3)27)24-23-14-5-6-15-16(9-14)21(30)25(10-26)20(15)29/h4-10,18H,1-3H3,(H,22,28). The lowest BCUT2D eigenvalue weighted by atomic mass is 10.1. The van der Waals surface area contributed by atoms with Crippen molar-refractivity contribution in [2.75, 3.05) is 5.32 Å². The number of carbonyl (C=O) groups is 5. The highest BCUT2D eigenvalue weighted by atomic mass is 16.2. The summed E-state index contributed by atoms with van der Waals surface area (Å²) in [6.07, 6.45) is 0.148. The number of hydrogen-bond acceptors (Lipinski definition) is 7. The Kier molecular flexibility index (Phi) is 5.63. The van der Waals surface area contributed by atoms with Crippen LogP contribution in [0.15, 0.2) is 46.6 Å². The maximum absolute atomic E-state index is 12.5. The zero-order chi connectivity index (χ0) is 22.0. The molecule has 30 heavy (non-hydrogen) atoms. The highest BCUT2D eigenvalue weighted by molar-refractivity contribution is 6.26. The Morgan fingerprint density at radius 2 is 1.73 bits per heavy atom. The third-order valence-corrected chi connectivity index (χ3v) is 4.57. The molecule has 0 radical (unpaired) electrons. The number of imide groups is 3. The Balaban J connectivity index is 1.82. The molecule has 2 aromatic carbocycles. The minimum atomic E-state index is -1.39. The average Bonchev–Trinajstić information content (AvgIpc) is 2.93. The Morgan fingerprint density at radius 1 is 1.03 bits per heavy atom. The van der Waals surface area contributed by atoms with Crippen molar-refractivity contribution in [3.05, 3.63) is 58.7 Å². The number of hydrogen-bond donors (Lipinski definition) is 1. The van der Waals surface area contributed by atoms with Crippen LogP contribution in [-0.4, -0.2) is 40.9 Å². The second kappa shape index (κ2) is 8.16. The molecule has 1 N–H and O–H groups in total. The van der Waals surface area contributed by atoms with E-state index in [1.54, 1.807) is 6.07 Å². The highest BCUT2D eigenvalue weighted by Crippen LogP contribution is 2.26. The third-order valence-electron chi connectivity index (χ3n) is 4.57. The number of nitrogens with one attached hydrogen (secondary N) is 1. The third kappa shape index (κ3) is 3.90. The molecule has 9 heteroatoms. The number of fused-ring (bicyclic) bond motifs is 1. The lowest BCUT2D eigenvalue weighted by Crippen LogP contribution is -2.32. The van der Waals surface area contributed by atoms with Gasteiger partial charge in [-0.05, 0) is 50.6 Å². The number of amides is 4. The smallest absolute Gasteiger partial charge is 0.268 e. The maximum atomic E-state index is 12.5.